The molecule has 3 heterocycles. The minimum Gasteiger partial charge on any atom is -0.444 e. The Morgan fingerprint density at radius 1 is 1.33 bits per heavy atom. The third kappa shape index (κ3) is 3.85. The van der Waals surface area contributed by atoms with Crippen LogP contribution < -0.4 is 5.73 Å². The Hall–Kier alpha value is -2.35. The van der Waals surface area contributed by atoms with E-state index in [-0.39, 0.29) is 12.0 Å². The number of piperidine rings is 1. The van der Waals surface area contributed by atoms with Crippen LogP contribution in [0, 0.1) is 0 Å². The number of hydrogen-bond donors (Lipinski definition) is 1. The van der Waals surface area contributed by atoms with Gasteiger partial charge in [-0.15, -0.1) is 0 Å². The minimum absolute atomic E-state index is 0.128. The van der Waals surface area contributed by atoms with Gasteiger partial charge in [-0.3, -0.25) is 0 Å². The number of halogens is 1. The zero-order chi connectivity index (χ0) is 21.6. The van der Waals surface area contributed by atoms with Gasteiger partial charge in [-0.1, -0.05) is 15.9 Å². The number of ether oxygens (including phenoxy) is 1. The molecule has 1 aromatic carbocycles. The molecule has 1 aliphatic heterocycles. The summed E-state index contributed by atoms with van der Waals surface area (Å²) in [7, 11) is 0. The Labute approximate surface area is 184 Å². The smallest absolute Gasteiger partial charge is 0.410 e. The van der Waals surface area contributed by atoms with Crippen molar-refractivity contribution < 1.29 is 9.53 Å². The van der Waals surface area contributed by atoms with Gasteiger partial charge in [0.1, 0.15) is 16.9 Å². The summed E-state index contributed by atoms with van der Waals surface area (Å²) in [6.07, 6.45) is 1.63. The first kappa shape index (κ1) is 20.9. The molecule has 0 spiro atoms. The van der Waals surface area contributed by atoms with Crippen LogP contribution in [0.2, 0.25) is 0 Å². The monoisotopic (exact) mass is 473 g/mol. The number of pyridine rings is 1. The highest BCUT2D eigenvalue weighted by Gasteiger charge is 2.31. The van der Waals surface area contributed by atoms with Gasteiger partial charge in [-0.25, -0.2) is 14.8 Å². The molecule has 2 N–H and O–H groups in total. The predicted octanol–water partition coefficient (Wildman–Crippen LogP) is 5.06. The average molecular weight is 474 g/mol. The van der Waals surface area contributed by atoms with Crippen LogP contribution in [0.25, 0.3) is 21.9 Å². The molecule has 0 saturated carbocycles. The molecule has 1 unspecified atom stereocenters. The van der Waals surface area contributed by atoms with Crippen molar-refractivity contribution in [1.82, 2.24) is 19.4 Å². The number of nitrogens with zero attached hydrogens (tertiary/aromatic N) is 4. The molecule has 30 heavy (non-hydrogen) atoms. The molecule has 8 heteroatoms. The van der Waals surface area contributed by atoms with E-state index in [0.29, 0.717) is 18.9 Å². The van der Waals surface area contributed by atoms with E-state index in [2.05, 4.69) is 38.5 Å². The number of imidazole rings is 1. The summed E-state index contributed by atoms with van der Waals surface area (Å²) in [5, 5.41) is 1.03. The van der Waals surface area contributed by atoms with Crippen molar-refractivity contribution in [2.75, 3.05) is 18.8 Å². The zero-order valence-electron chi connectivity index (χ0n) is 17.9. The molecule has 2 aromatic heterocycles. The lowest BCUT2D eigenvalue weighted by Crippen LogP contribution is -2.42. The normalized spacial score (nSPS) is 17.6. The molecular weight excluding hydrogens is 446 g/mol. The number of carbonyl (C=O) groups excluding carboxylic acids is 1. The number of likely N-dealkylation sites (tertiary alicyclic amines) is 1. The van der Waals surface area contributed by atoms with Crippen LogP contribution >= 0.6 is 15.9 Å². The largest absolute Gasteiger partial charge is 0.444 e. The van der Waals surface area contributed by atoms with Crippen molar-refractivity contribution in [1.29, 1.82) is 0 Å². The lowest BCUT2D eigenvalue weighted by atomic mass is 9.97. The highest BCUT2D eigenvalue weighted by atomic mass is 79.9. The van der Waals surface area contributed by atoms with Crippen LogP contribution in [0.15, 0.2) is 22.7 Å². The molecule has 1 fully saturated rings. The van der Waals surface area contributed by atoms with Crippen LogP contribution in [-0.4, -0.2) is 44.2 Å². The number of amides is 1. The van der Waals surface area contributed by atoms with E-state index in [9.17, 15) is 4.79 Å². The Bertz CT molecular complexity index is 1120. The molecule has 0 bridgehead atoms. The second-order valence-electron chi connectivity index (χ2n) is 8.84. The Balaban J connectivity index is 1.76. The second kappa shape index (κ2) is 7.72. The maximum absolute atomic E-state index is 12.6. The molecule has 3 aromatic rings. The summed E-state index contributed by atoms with van der Waals surface area (Å²) in [5.41, 5.74) is 8.38. The van der Waals surface area contributed by atoms with Gasteiger partial charge in [-0.2, -0.15) is 0 Å². The third-order valence-electron chi connectivity index (χ3n) is 5.45. The number of anilines is 1. The SMILES string of the molecule is CCn1c(C2CCCN(C(=O)OC(C)(C)C)C2)nc2c(N)nc3cc(Br)ccc3c21. The molecule has 0 aliphatic carbocycles. The summed E-state index contributed by atoms with van der Waals surface area (Å²) < 4.78 is 8.78. The fourth-order valence-electron chi connectivity index (χ4n) is 4.21. The van der Waals surface area contributed by atoms with Crippen LogP contribution in [0.3, 0.4) is 0 Å². The van der Waals surface area contributed by atoms with Crippen LogP contribution in [0.5, 0.6) is 0 Å². The van der Waals surface area contributed by atoms with Crippen molar-refractivity contribution in [3.63, 3.8) is 0 Å². The van der Waals surface area contributed by atoms with Crippen molar-refractivity contribution >= 4 is 49.8 Å². The average Bonchev–Trinajstić information content (AvgIpc) is 3.07. The van der Waals surface area contributed by atoms with E-state index in [1.54, 1.807) is 4.90 Å². The van der Waals surface area contributed by atoms with Gasteiger partial charge in [0.25, 0.3) is 0 Å². The van der Waals surface area contributed by atoms with Gasteiger partial charge in [0.15, 0.2) is 5.82 Å². The van der Waals surface area contributed by atoms with E-state index in [1.165, 1.54) is 0 Å². The number of nitrogens with two attached hydrogens (primary N) is 1. The lowest BCUT2D eigenvalue weighted by Gasteiger charge is -2.34. The predicted molar refractivity (Wildman–Crippen MR) is 123 cm³/mol. The maximum atomic E-state index is 12.6. The summed E-state index contributed by atoms with van der Waals surface area (Å²) in [5.74, 6) is 1.53. The van der Waals surface area contributed by atoms with Crippen molar-refractivity contribution in [2.24, 2.45) is 0 Å². The minimum atomic E-state index is -0.506. The third-order valence-corrected chi connectivity index (χ3v) is 5.94. The molecule has 160 valence electrons. The standard InChI is InChI=1S/C22H28BrN5O2/c1-5-28-18-15-9-8-14(23)11-16(15)25-19(24)17(18)26-20(28)13-7-6-10-27(12-13)21(29)30-22(2,3)4/h8-9,11,13H,5-7,10,12H2,1-4H3,(H2,24,25). The van der Waals surface area contributed by atoms with E-state index < -0.39 is 5.60 Å². The molecule has 1 saturated heterocycles. The van der Waals surface area contributed by atoms with E-state index in [0.717, 1.165) is 51.6 Å². The number of carbonyl (C=O) groups is 1. The Morgan fingerprint density at radius 3 is 2.80 bits per heavy atom. The van der Waals surface area contributed by atoms with Gasteiger partial charge in [0, 0.05) is 35.4 Å². The number of rotatable bonds is 2. The van der Waals surface area contributed by atoms with Crippen molar-refractivity contribution in [3.8, 4) is 0 Å². The summed E-state index contributed by atoms with van der Waals surface area (Å²) in [6.45, 7) is 9.85. The fourth-order valence-corrected chi connectivity index (χ4v) is 4.56. The fraction of sp³-hybridized carbons (Fsp3) is 0.500. The van der Waals surface area contributed by atoms with Gasteiger partial charge >= 0.3 is 6.09 Å². The molecule has 1 atom stereocenters. The summed E-state index contributed by atoms with van der Waals surface area (Å²) in [6, 6.07) is 6.04. The molecular formula is C22H28BrN5O2. The maximum Gasteiger partial charge on any atom is 0.410 e. The van der Waals surface area contributed by atoms with Crippen LogP contribution in [0.4, 0.5) is 10.6 Å². The van der Waals surface area contributed by atoms with E-state index in [4.69, 9.17) is 15.5 Å². The zero-order valence-corrected chi connectivity index (χ0v) is 19.5. The highest BCUT2D eigenvalue weighted by molar-refractivity contribution is 9.10. The summed E-state index contributed by atoms with van der Waals surface area (Å²) in [4.78, 5) is 23.9. The number of benzene rings is 1. The number of aromatic nitrogens is 3. The molecule has 7 nitrogen and oxygen atoms in total. The topological polar surface area (TPSA) is 86.3 Å². The van der Waals surface area contributed by atoms with Gasteiger partial charge in [0.05, 0.1) is 11.0 Å². The second-order valence-corrected chi connectivity index (χ2v) is 9.75. The molecule has 0 radical (unpaired) electrons. The first-order valence-corrected chi connectivity index (χ1v) is 11.2. The van der Waals surface area contributed by atoms with Gasteiger partial charge in [0.2, 0.25) is 0 Å². The van der Waals surface area contributed by atoms with Gasteiger partial charge in [-0.05, 0) is 58.7 Å². The van der Waals surface area contributed by atoms with E-state index >= 15 is 0 Å². The number of nitrogen functional groups attached to an aromatic ring is 1. The lowest BCUT2D eigenvalue weighted by molar-refractivity contribution is 0.0195. The first-order chi connectivity index (χ1) is 14.2. The Kier molecular flexibility index (Phi) is 5.38. The molecule has 4 rings (SSSR count). The van der Waals surface area contributed by atoms with E-state index in [1.807, 2.05) is 32.9 Å². The number of hydrogen-bond acceptors (Lipinski definition) is 5. The van der Waals surface area contributed by atoms with Gasteiger partial charge < -0.3 is 19.9 Å². The Morgan fingerprint density at radius 2 is 2.10 bits per heavy atom. The van der Waals surface area contributed by atoms with Crippen LogP contribution in [-0.2, 0) is 11.3 Å². The van der Waals surface area contributed by atoms with Crippen LogP contribution in [0.1, 0.15) is 52.3 Å². The number of fused-ring (bicyclic) bond motifs is 3. The molecule has 1 aliphatic rings. The van der Waals surface area contributed by atoms with Crippen molar-refractivity contribution in [2.45, 2.75) is 58.6 Å². The highest BCUT2D eigenvalue weighted by Crippen LogP contribution is 2.35. The quantitative estimate of drug-likeness (QED) is 0.561. The summed E-state index contributed by atoms with van der Waals surface area (Å²) >= 11 is 3.51. The molecule has 1 amide bonds. The number of aryl methyl sites for hydroxylation is 1. The van der Waals surface area contributed by atoms with Crippen molar-refractivity contribution in [3.05, 3.63) is 28.5 Å². The first-order valence-electron chi connectivity index (χ1n) is 10.4.